The van der Waals surface area contributed by atoms with Crippen LogP contribution in [0.5, 0.6) is 0 Å². The van der Waals surface area contributed by atoms with Crippen LogP contribution in [-0.4, -0.2) is 27.0 Å². The lowest BCUT2D eigenvalue weighted by atomic mass is 10.1. The van der Waals surface area contributed by atoms with Crippen molar-refractivity contribution < 1.29 is 14.3 Å². The summed E-state index contributed by atoms with van der Waals surface area (Å²) >= 11 is 9.26. The third-order valence-electron chi connectivity index (χ3n) is 4.38. The molecule has 0 amide bonds. The van der Waals surface area contributed by atoms with Crippen molar-refractivity contribution >= 4 is 50.6 Å². The number of benzene rings is 2. The van der Waals surface area contributed by atoms with Gasteiger partial charge in [0.15, 0.2) is 0 Å². The Morgan fingerprint density at radius 3 is 2.80 bits per heavy atom. The molecule has 2 aromatic heterocycles. The summed E-state index contributed by atoms with van der Waals surface area (Å²) < 4.78 is 7.69. The molecule has 0 bridgehead atoms. The van der Waals surface area contributed by atoms with Crippen molar-refractivity contribution in [3.63, 3.8) is 0 Å². The first-order valence-corrected chi connectivity index (χ1v) is 9.87. The number of carbonyl (C=O) groups is 1. The fraction of sp³-hybridized carbons (Fsp3) is 0.0476. The first kappa shape index (κ1) is 20.1. The third kappa shape index (κ3) is 3.79. The van der Waals surface area contributed by atoms with Crippen molar-refractivity contribution in [2.75, 3.05) is 0 Å². The second-order valence-corrected chi connectivity index (χ2v) is 7.71. The van der Waals surface area contributed by atoms with Crippen LogP contribution in [-0.2, 0) is 0 Å². The summed E-state index contributed by atoms with van der Waals surface area (Å²) in [6.07, 6.45) is 1.40. The Hall–Kier alpha value is -3.23. The number of carboxylic acid groups (broad SMARTS) is 1. The average molecular weight is 487 g/mol. The van der Waals surface area contributed by atoms with Gasteiger partial charge in [-0.05, 0) is 55.5 Å². The standard InChI is InChI=1S/C21H13BrClN3O4/c1-11-25-18-6-3-13(22)9-16(18)20(27)26(11)24-10-14-4-7-19(30-14)12-2-5-17(23)15(8-12)21(28)29/h2-10H,1H3,(H,28,29). The number of rotatable bonds is 4. The quantitative estimate of drug-likeness (QED) is 0.411. The molecule has 7 nitrogen and oxygen atoms in total. The summed E-state index contributed by atoms with van der Waals surface area (Å²) in [4.78, 5) is 28.4. The second-order valence-electron chi connectivity index (χ2n) is 6.38. The Bertz CT molecular complexity index is 1390. The van der Waals surface area contributed by atoms with E-state index in [0.29, 0.717) is 33.8 Å². The number of aromatic carboxylic acids is 1. The smallest absolute Gasteiger partial charge is 0.337 e. The molecule has 2 heterocycles. The zero-order valence-corrected chi connectivity index (χ0v) is 17.8. The number of halogens is 2. The van der Waals surface area contributed by atoms with E-state index < -0.39 is 5.97 Å². The molecule has 9 heteroatoms. The summed E-state index contributed by atoms with van der Waals surface area (Å²) in [5.74, 6) is 0.139. The summed E-state index contributed by atoms with van der Waals surface area (Å²) in [6.45, 7) is 1.69. The topological polar surface area (TPSA) is 97.7 Å². The molecule has 0 aliphatic rings. The van der Waals surface area contributed by atoms with E-state index in [1.54, 1.807) is 37.3 Å². The Morgan fingerprint density at radius 2 is 2.03 bits per heavy atom. The Kier molecular flexibility index (Phi) is 5.27. The number of aromatic nitrogens is 2. The van der Waals surface area contributed by atoms with Crippen LogP contribution >= 0.6 is 27.5 Å². The molecule has 0 fully saturated rings. The van der Waals surface area contributed by atoms with Gasteiger partial charge in [0, 0.05) is 10.0 Å². The summed E-state index contributed by atoms with van der Waals surface area (Å²) in [5, 5.41) is 14.0. The molecule has 4 rings (SSSR count). The van der Waals surface area contributed by atoms with Crippen LogP contribution in [0.4, 0.5) is 0 Å². The highest BCUT2D eigenvalue weighted by Gasteiger charge is 2.12. The number of hydrogen-bond donors (Lipinski definition) is 1. The minimum absolute atomic E-state index is 0.0173. The van der Waals surface area contributed by atoms with Crippen molar-refractivity contribution in [3.05, 3.63) is 85.5 Å². The summed E-state index contributed by atoms with van der Waals surface area (Å²) in [7, 11) is 0. The van der Waals surface area contributed by atoms with Crippen molar-refractivity contribution in [2.24, 2.45) is 5.10 Å². The van der Waals surface area contributed by atoms with Gasteiger partial charge in [0.1, 0.15) is 17.3 Å². The highest BCUT2D eigenvalue weighted by molar-refractivity contribution is 9.10. The van der Waals surface area contributed by atoms with Crippen LogP contribution in [0.1, 0.15) is 21.9 Å². The SMILES string of the molecule is Cc1nc2ccc(Br)cc2c(=O)n1N=Cc1ccc(-c2ccc(Cl)c(C(=O)O)c2)o1. The van der Waals surface area contributed by atoms with Crippen LogP contribution in [0.2, 0.25) is 5.02 Å². The van der Waals surface area contributed by atoms with Crippen LogP contribution in [0, 0.1) is 6.92 Å². The summed E-state index contributed by atoms with van der Waals surface area (Å²) in [5.41, 5.74) is 0.827. The number of aryl methyl sites for hydroxylation is 1. The molecular formula is C21H13BrClN3O4. The monoisotopic (exact) mass is 485 g/mol. The van der Waals surface area contributed by atoms with Gasteiger partial charge in [0.05, 0.1) is 27.7 Å². The minimum Gasteiger partial charge on any atom is -0.478 e. The van der Waals surface area contributed by atoms with Gasteiger partial charge in [-0.3, -0.25) is 4.79 Å². The molecular weight excluding hydrogens is 474 g/mol. The van der Waals surface area contributed by atoms with Gasteiger partial charge in [0.25, 0.3) is 5.56 Å². The van der Waals surface area contributed by atoms with Crippen molar-refractivity contribution in [1.29, 1.82) is 0 Å². The summed E-state index contributed by atoms with van der Waals surface area (Å²) in [6, 6.07) is 13.2. The van der Waals surface area contributed by atoms with Crippen molar-refractivity contribution in [2.45, 2.75) is 6.92 Å². The molecule has 2 aromatic carbocycles. The van der Waals surface area contributed by atoms with E-state index in [1.807, 2.05) is 6.07 Å². The zero-order chi connectivity index (χ0) is 21.4. The molecule has 0 aliphatic carbocycles. The third-order valence-corrected chi connectivity index (χ3v) is 5.20. The van der Waals surface area contributed by atoms with Crippen molar-refractivity contribution in [3.8, 4) is 11.3 Å². The van der Waals surface area contributed by atoms with Crippen LogP contribution in [0.25, 0.3) is 22.2 Å². The van der Waals surface area contributed by atoms with Gasteiger partial charge in [-0.25, -0.2) is 9.78 Å². The minimum atomic E-state index is -1.12. The van der Waals surface area contributed by atoms with E-state index in [9.17, 15) is 14.7 Å². The maximum Gasteiger partial charge on any atom is 0.337 e. The molecule has 0 saturated heterocycles. The predicted octanol–water partition coefficient (Wildman–Crippen LogP) is 4.96. The molecule has 0 atom stereocenters. The van der Waals surface area contributed by atoms with E-state index in [1.165, 1.54) is 23.0 Å². The van der Waals surface area contributed by atoms with Crippen molar-refractivity contribution in [1.82, 2.24) is 9.66 Å². The molecule has 150 valence electrons. The van der Waals surface area contributed by atoms with Gasteiger partial charge in [-0.15, -0.1) is 0 Å². The van der Waals surface area contributed by atoms with E-state index >= 15 is 0 Å². The van der Waals surface area contributed by atoms with E-state index in [-0.39, 0.29) is 16.1 Å². The lowest BCUT2D eigenvalue weighted by molar-refractivity contribution is 0.0697. The molecule has 0 spiro atoms. The predicted molar refractivity (Wildman–Crippen MR) is 118 cm³/mol. The Balaban J connectivity index is 1.69. The van der Waals surface area contributed by atoms with Gasteiger partial charge in [-0.1, -0.05) is 27.5 Å². The molecule has 0 unspecified atom stereocenters. The normalized spacial score (nSPS) is 11.4. The second kappa shape index (κ2) is 7.89. The number of nitrogens with zero attached hydrogens (tertiary/aromatic N) is 3. The Morgan fingerprint density at radius 1 is 1.23 bits per heavy atom. The van der Waals surface area contributed by atoms with Gasteiger partial charge >= 0.3 is 5.97 Å². The van der Waals surface area contributed by atoms with E-state index in [4.69, 9.17) is 16.0 Å². The maximum atomic E-state index is 12.8. The fourth-order valence-electron chi connectivity index (χ4n) is 2.93. The lowest BCUT2D eigenvalue weighted by Gasteiger charge is -2.05. The van der Waals surface area contributed by atoms with E-state index in [2.05, 4.69) is 26.0 Å². The highest BCUT2D eigenvalue weighted by Crippen LogP contribution is 2.26. The molecule has 0 aliphatic heterocycles. The highest BCUT2D eigenvalue weighted by atomic mass is 79.9. The number of hydrogen-bond acceptors (Lipinski definition) is 5. The molecule has 4 aromatic rings. The zero-order valence-electron chi connectivity index (χ0n) is 15.5. The number of carboxylic acids is 1. The molecule has 1 N–H and O–H groups in total. The largest absolute Gasteiger partial charge is 0.478 e. The van der Waals surface area contributed by atoms with Crippen LogP contribution < -0.4 is 5.56 Å². The Labute approximate surface area is 183 Å². The first-order chi connectivity index (χ1) is 14.3. The van der Waals surface area contributed by atoms with Gasteiger partial charge < -0.3 is 9.52 Å². The molecule has 0 saturated carbocycles. The van der Waals surface area contributed by atoms with E-state index in [0.717, 1.165) is 4.47 Å². The average Bonchev–Trinajstić information content (AvgIpc) is 3.17. The van der Waals surface area contributed by atoms with Gasteiger partial charge in [0.2, 0.25) is 0 Å². The fourth-order valence-corrected chi connectivity index (χ4v) is 3.49. The number of fused-ring (bicyclic) bond motifs is 1. The lowest BCUT2D eigenvalue weighted by Crippen LogP contribution is -2.20. The number of furan rings is 1. The molecule has 0 radical (unpaired) electrons. The maximum absolute atomic E-state index is 12.8. The van der Waals surface area contributed by atoms with Gasteiger partial charge in [-0.2, -0.15) is 9.78 Å². The molecule has 30 heavy (non-hydrogen) atoms. The van der Waals surface area contributed by atoms with Crippen LogP contribution in [0.15, 0.2) is 67.3 Å². The first-order valence-electron chi connectivity index (χ1n) is 8.70. The van der Waals surface area contributed by atoms with Crippen LogP contribution in [0.3, 0.4) is 0 Å².